The van der Waals surface area contributed by atoms with Crippen molar-refractivity contribution in [2.75, 3.05) is 5.75 Å². The van der Waals surface area contributed by atoms with Crippen molar-refractivity contribution in [1.29, 1.82) is 0 Å². The number of aryl methyl sites for hydroxylation is 1. The second-order valence-electron chi connectivity index (χ2n) is 6.65. The van der Waals surface area contributed by atoms with Crippen molar-refractivity contribution in [2.24, 2.45) is 0 Å². The van der Waals surface area contributed by atoms with Gasteiger partial charge in [-0.05, 0) is 25.0 Å². The maximum Gasteiger partial charge on any atom is 0.184 e. The van der Waals surface area contributed by atoms with Crippen LogP contribution in [0.4, 0.5) is 0 Å². The fourth-order valence-electron chi connectivity index (χ4n) is 2.82. The number of hydrogen-bond acceptors (Lipinski definition) is 4. The lowest BCUT2D eigenvalue weighted by Gasteiger charge is -2.02. The van der Waals surface area contributed by atoms with Gasteiger partial charge < -0.3 is 0 Å². The van der Waals surface area contributed by atoms with E-state index in [-0.39, 0.29) is 5.78 Å². The molecular formula is C19H35N3OS. The van der Waals surface area contributed by atoms with Crippen LogP contribution in [0.25, 0.3) is 0 Å². The van der Waals surface area contributed by atoms with Gasteiger partial charge in [0.15, 0.2) is 5.78 Å². The molecule has 0 unspecified atom stereocenters. The van der Waals surface area contributed by atoms with Gasteiger partial charge >= 0.3 is 0 Å². The van der Waals surface area contributed by atoms with Crippen molar-refractivity contribution in [3.8, 4) is 0 Å². The summed E-state index contributed by atoms with van der Waals surface area (Å²) >= 11 is 4.23. The summed E-state index contributed by atoms with van der Waals surface area (Å²) in [5.74, 6) is 1.15. The van der Waals surface area contributed by atoms with Crippen LogP contribution >= 0.6 is 12.6 Å². The summed E-state index contributed by atoms with van der Waals surface area (Å²) in [5.41, 5.74) is 0.535. The van der Waals surface area contributed by atoms with Crippen LogP contribution in [0.1, 0.15) is 101 Å². The van der Waals surface area contributed by atoms with Gasteiger partial charge in [0.25, 0.3) is 0 Å². The molecule has 1 rings (SSSR count). The van der Waals surface area contributed by atoms with E-state index in [4.69, 9.17) is 0 Å². The van der Waals surface area contributed by atoms with Crippen molar-refractivity contribution in [3.05, 3.63) is 11.9 Å². The lowest BCUT2D eigenvalue weighted by Crippen LogP contribution is -2.00. The molecule has 24 heavy (non-hydrogen) atoms. The van der Waals surface area contributed by atoms with Gasteiger partial charge in [0.2, 0.25) is 0 Å². The van der Waals surface area contributed by atoms with Crippen LogP contribution in [-0.2, 0) is 6.54 Å². The van der Waals surface area contributed by atoms with E-state index in [2.05, 4.69) is 29.9 Å². The lowest BCUT2D eigenvalue weighted by atomic mass is 10.1. The molecule has 0 saturated carbocycles. The number of carbonyl (C=O) groups is 1. The molecule has 0 atom stereocenters. The van der Waals surface area contributed by atoms with E-state index < -0.39 is 0 Å². The average molecular weight is 354 g/mol. The maximum atomic E-state index is 12.0. The van der Waals surface area contributed by atoms with Gasteiger partial charge in [-0.3, -0.25) is 9.48 Å². The minimum Gasteiger partial charge on any atom is -0.292 e. The van der Waals surface area contributed by atoms with Gasteiger partial charge in [0.05, 0.1) is 6.20 Å². The molecule has 4 nitrogen and oxygen atoms in total. The van der Waals surface area contributed by atoms with Crippen molar-refractivity contribution < 1.29 is 4.79 Å². The molecule has 138 valence electrons. The molecule has 0 N–H and O–H groups in total. The lowest BCUT2D eigenvalue weighted by molar-refractivity contribution is 0.0974. The first-order valence-electron chi connectivity index (χ1n) is 9.82. The maximum absolute atomic E-state index is 12.0. The van der Waals surface area contributed by atoms with Crippen LogP contribution in [-0.4, -0.2) is 26.5 Å². The Morgan fingerprint density at radius 1 is 0.958 bits per heavy atom. The number of rotatable bonds is 16. The molecule has 0 fully saturated rings. The summed E-state index contributed by atoms with van der Waals surface area (Å²) in [6.45, 7) is 3.02. The zero-order valence-corrected chi connectivity index (χ0v) is 16.3. The highest BCUT2D eigenvalue weighted by Crippen LogP contribution is 2.11. The number of ketones is 1. The number of unbranched alkanes of at least 4 members (excludes halogenated alkanes) is 10. The highest BCUT2D eigenvalue weighted by molar-refractivity contribution is 7.80. The van der Waals surface area contributed by atoms with Crippen molar-refractivity contribution in [1.82, 2.24) is 15.0 Å². The molecule has 0 aliphatic carbocycles. The zero-order chi connectivity index (χ0) is 17.5. The highest BCUT2D eigenvalue weighted by atomic mass is 32.1. The van der Waals surface area contributed by atoms with Gasteiger partial charge in [0, 0.05) is 13.0 Å². The van der Waals surface area contributed by atoms with E-state index in [1.165, 1.54) is 51.4 Å². The van der Waals surface area contributed by atoms with Crippen LogP contribution in [0.5, 0.6) is 0 Å². The summed E-state index contributed by atoms with van der Waals surface area (Å²) in [5, 5.41) is 8.10. The third kappa shape index (κ3) is 10.1. The SMILES string of the molecule is CCCCCC(=O)c1cn(CCCCCCCCCCCS)nn1. The number of hydrogen-bond donors (Lipinski definition) is 1. The highest BCUT2D eigenvalue weighted by Gasteiger charge is 2.10. The second kappa shape index (κ2) is 14.5. The van der Waals surface area contributed by atoms with Gasteiger partial charge in [-0.2, -0.15) is 12.6 Å². The van der Waals surface area contributed by atoms with E-state index in [9.17, 15) is 4.79 Å². The van der Waals surface area contributed by atoms with Gasteiger partial charge in [-0.1, -0.05) is 69.9 Å². The standard InChI is InChI=1S/C19H35N3OS/c1-2-3-11-14-19(23)18-17-22(21-20-18)15-12-9-7-5-4-6-8-10-13-16-24/h17,24H,2-16H2,1H3. The first-order chi connectivity index (χ1) is 11.8. The topological polar surface area (TPSA) is 47.8 Å². The molecule has 5 heteroatoms. The monoisotopic (exact) mass is 353 g/mol. The molecule has 0 amide bonds. The molecule has 0 aliphatic rings. The molecule has 0 aliphatic heterocycles. The summed E-state index contributed by atoms with van der Waals surface area (Å²) in [4.78, 5) is 12.0. The van der Waals surface area contributed by atoms with E-state index >= 15 is 0 Å². The van der Waals surface area contributed by atoms with E-state index in [0.29, 0.717) is 12.1 Å². The molecule has 0 spiro atoms. The van der Waals surface area contributed by atoms with Crippen molar-refractivity contribution in [3.63, 3.8) is 0 Å². The Morgan fingerprint density at radius 3 is 2.21 bits per heavy atom. The predicted octanol–water partition coefficient (Wildman–Crippen LogP) is 5.48. The first-order valence-corrected chi connectivity index (χ1v) is 10.5. The third-order valence-corrected chi connectivity index (χ3v) is 4.69. The van der Waals surface area contributed by atoms with E-state index in [0.717, 1.165) is 38.0 Å². The molecule has 1 aromatic rings. The Hall–Kier alpha value is -0.840. The fraction of sp³-hybridized carbons (Fsp3) is 0.842. The first kappa shape index (κ1) is 21.2. The predicted molar refractivity (Wildman–Crippen MR) is 104 cm³/mol. The van der Waals surface area contributed by atoms with Crippen LogP contribution in [0.3, 0.4) is 0 Å². The average Bonchev–Trinajstić information content (AvgIpc) is 3.06. The molecule has 0 aromatic carbocycles. The quantitative estimate of drug-likeness (QED) is 0.243. The Balaban J connectivity index is 2.02. The summed E-state index contributed by atoms with van der Waals surface area (Å²) < 4.78 is 1.82. The fourth-order valence-corrected chi connectivity index (χ4v) is 3.05. The Morgan fingerprint density at radius 2 is 1.58 bits per heavy atom. The number of aromatic nitrogens is 3. The number of nitrogens with zero attached hydrogens (tertiary/aromatic N) is 3. The number of Topliss-reactive ketones (excluding diaryl/α,β-unsaturated/α-hetero) is 1. The smallest absolute Gasteiger partial charge is 0.184 e. The molecule has 0 bridgehead atoms. The Bertz CT molecular complexity index is 434. The molecular weight excluding hydrogens is 318 g/mol. The van der Waals surface area contributed by atoms with Crippen molar-refractivity contribution >= 4 is 18.4 Å². The zero-order valence-electron chi connectivity index (χ0n) is 15.4. The van der Waals surface area contributed by atoms with Crippen LogP contribution < -0.4 is 0 Å². The normalized spacial score (nSPS) is 11.1. The second-order valence-corrected chi connectivity index (χ2v) is 7.10. The molecule has 1 heterocycles. The summed E-state index contributed by atoms with van der Waals surface area (Å²) in [7, 11) is 0. The molecule has 0 saturated heterocycles. The Kier molecular flexibility index (Phi) is 12.8. The van der Waals surface area contributed by atoms with Gasteiger partial charge in [-0.15, -0.1) is 5.10 Å². The van der Waals surface area contributed by atoms with Crippen LogP contribution in [0, 0.1) is 0 Å². The van der Waals surface area contributed by atoms with Gasteiger partial charge in [0.1, 0.15) is 5.69 Å². The molecule has 1 aromatic heterocycles. The van der Waals surface area contributed by atoms with Crippen LogP contribution in [0.2, 0.25) is 0 Å². The van der Waals surface area contributed by atoms with E-state index in [1.54, 1.807) is 0 Å². The van der Waals surface area contributed by atoms with Crippen LogP contribution in [0.15, 0.2) is 6.20 Å². The summed E-state index contributed by atoms with van der Waals surface area (Å²) in [6, 6.07) is 0. The number of thiol groups is 1. The summed E-state index contributed by atoms with van der Waals surface area (Å²) in [6.07, 6.45) is 17.2. The largest absolute Gasteiger partial charge is 0.292 e. The number of carbonyl (C=O) groups excluding carboxylic acids is 1. The minimum atomic E-state index is 0.132. The van der Waals surface area contributed by atoms with Crippen molar-refractivity contribution in [2.45, 2.75) is 96.9 Å². The van der Waals surface area contributed by atoms with E-state index in [1.807, 2.05) is 10.9 Å². The molecule has 0 radical (unpaired) electrons. The minimum absolute atomic E-state index is 0.132. The third-order valence-electron chi connectivity index (χ3n) is 4.38. The van der Waals surface area contributed by atoms with Gasteiger partial charge in [-0.25, -0.2) is 0 Å². The Labute approximate surface area is 153 Å².